The van der Waals surface area contributed by atoms with Crippen LogP contribution in [0.2, 0.25) is 0 Å². The van der Waals surface area contributed by atoms with E-state index in [1.807, 2.05) is 24.3 Å². The van der Waals surface area contributed by atoms with Gasteiger partial charge in [0.25, 0.3) is 0 Å². The SMILES string of the molecule is NCc1cccc(CNC(=O)Nc2cc(O)c(O)c(O)c2)c1. The summed E-state index contributed by atoms with van der Waals surface area (Å²) in [7, 11) is 0. The molecule has 0 aliphatic heterocycles. The molecule has 0 spiro atoms. The van der Waals surface area contributed by atoms with E-state index in [0.717, 1.165) is 23.3 Å². The van der Waals surface area contributed by atoms with Crippen LogP contribution < -0.4 is 16.4 Å². The van der Waals surface area contributed by atoms with Gasteiger partial charge in [-0.05, 0) is 11.1 Å². The van der Waals surface area contributed by atoms with Crippen molar-refractivity contribution >= 4 is 11.7 Å². The van der Waals surface area contributed by atoms with Crippen LogP contribution in [0.4, 0.5) is 10.5 Å². The van der Waals surface area contributed by atoms with Gasteiger partial charge in [0.15, 0.2) is 17.2 Å². The van der Waals surface area contributed by atoms with E-state index in [4.69, 9.17) is 5.73 Å². The Kier molecular flexibility index (Phi) is 4.70. The van der Waals surface area contributed by atoms with Crippen molar-refractivity contribution in [3.8, 4) is 17.2 Å². The van der Waals surface area contributed by atoms with Crippen LogP contribution in [0.1, 0.15) is 11.1 Å². The summed E-state index contributed by atoms with van der Waals surface area (Å²) in [6.07, 6.45) is 0. The quantitative estimate of drug-likeness (QED) is 0.377. The maximum Gasteiger partial charge on any atom is 0.319 e. The highest BCUT2D eigenvalue weighted by Gasteiger charge is 2.10. The summed E-state index contributed by atoms with van der Waals surface area (Å²) in [5.74, 6) is -1.68. The van der Waals surface area contributed by atoms with Gasteiger partial charge in [0.05, 0.1) is 5.69 Å². The molecule has 2 aromatic rings. The van der Waals surface area contributed by atoms with Crippen LogP contribution in [0.25, 0.3) is 0 Å². The van der Waals surface area contributed by atoms with Crippen molar-refractivity contribution in [2.24, 2.45) is 5.73 Å². The van der Waals surface area contributed by atoms with Crippen molar-refractivity contribution in [1.29, 1.82) is 0 Å². The summed E-state index contributed by atoms with van der Waals surface area (Å²) < 4.78 is 0. The predicted octanol–water partition coefficient (Wildman–Crippen LogP) is 1.58. The molecule has 7 N–H and O–H groups in total. The lowest BCUT2D eigenvalue weighted by atomic mass is 10.1. The summed E-state index contributed by atoms with van der Waals surface area (Å²) in [6.45, 7) is 0.724. The molecule has 116 valence electrons. The van der Waals surface area contributed by atoms with Gasteiger partial charge in [-0.3, -0.25) is 0 Å². The number of nitrogens with one attached hydrogen (secondary N) is 2. The number of nitrogens with two attached hydrogens (primary N) is 1. The third-order valence-electron chi connectivity index (χ3n) is 3.01. The molecule has 0 unspecified atom stereocenters. The fraction of sp³-hybridized carbons (Fsp3) is 0.133. The number of urea groups is 1. The lowest BCUT2D eigenvalue weighted by Gasteiger charge is -2.10. The average molecular weight is 303 g/mol. The molecule has 22 heavy (non-hydrogen) atoms. The molecule has 2 aromatic carbocycles. The van der Waals surface area contributed by atoms with Crippen LogP contribution in [0.3, 0.4) is 0 Å². The Bertz CT molecular complexity index is 665. The average Bonchev–Trinajstić information content (AvgIpc) is 2.50. The number of phenolic OH excluding ortho intramolecular Hbond substituents is 3. The molecule has 7 nitrogen and oxygen atoms in total. The number of phenols is 3. The molecule has 0 aliphatic carbocycles. The maximum atomic E-state index is 11.8. The largest absolute Gasteiger partial charge is 0.504 e. The number of rotatable bonds is 4. The number of aromatic hydroxyl groups is 3. The molecule has 0 radical (unpaired) electrons. The smallest absolute Gasteiger partial charge is 0.319 e. The van der Waals surface area contributed by atoms with Crippen molar-refractivity contribution in [3.63, 3.8) is 0 Å². The normalized spacial score (nSPS) is 10.2. The fourth-order valence-corrected chi connectivity index (χ4v) is 1.90. The topological polar surface area (TPSA) is 128 Å². The van der Waals surface area contributed by atoms with Crippen molar-refractivity contribution in [3.05, 3.63) is 47.5 Å². The zero-order chi connectivity index (χ0) is 16.1. The van der Waals surface area contributed by atoms with Crippen LogP contribution in [0.5, 0.6) is 17.2 Å². The predicted molar refractivity (Wildman–Crippen MR) is 81.6 cm³/mol. The highest BCUT2D eigenvalue weighted by Crippen LogP contribution is 2.37. The molecule has 0 saturated carbocycles. The van der Waals surface area contributed by atoms with E-state index in [1.165, 1.54) is 0 Å². The fourth-order valence-electron chi connectivity index (χ4n) is 1.90. The summed E-state index contributed by atoms with van der Waals surface area (Å²) in [6, 6.07) is 9.24. The van der Waals surface area contributed by atoms with Crippen molar-refractivity contribution < 1.29 is 20.1 Å². The molecule has 0 aromatic heterocycles. The standard InChI is InChI=1S/C15H17N3O4/c16-7-9-2-1-3-10(4-9)8-17-15(22)18-11-5-12(19)14(21)13(20)6-11/h1-6,19-21H,7-8,16H2,(H2,17,18,22). The van der Waals surface area contributed by atoms with Gasteiger partial charge in [0, 0.05) is 25.2 Å². The molecule has 7 heteroatoms. The lowest BCUT2D eigenvalue weighted by Crippen LogP contribution is -2.28. The molecule has 0 heterocycles. The van der Waals surface area contributed by atoms with Gasteiger partial charge < -0.3 is 31.7 Å². The minimum absolute atomic E-state index is 0.154. The molecule has 2 rings (SSSR count). The Balaban J connectivity index is 1.95. The first-order chi connectivity index (χ1) is 10.5. The van der Waals surface area contributed by atoms with Crippen molar-refractivity contribution in [2.75, 3.05) is 5.32 Å². The van der Waals surface area contributed by atoms with E-state index < -0.39 is 23.3 Å². The van der Waals surface area contributed by atoms with Crippen LogP contribution >= 0.6 is 0 Å². The zero-order valence-electron chi connectivity index (χ0n) is 11.7. The third kappa shape index (κ3) is 3.80. The van der Waals surface area contributed by atoms with Crippen molar-refractivity contribution in [2.45, 2.75) is 13.1 Å². The second kappa shape index (κ2) is 6.68. The Morgan fingerprint density at radius 1 is 1.05 bits per heavy atom. The first-order valence-electron chi connectivity index (χ1n) is 6.57. The van der Waals surface area contributed by atoms with Gasteiger partial charge in [0.1, 0.15) is 0 Å². The number of amides is 2. The zero-order valence-corrected chi connectivity index (χ0v) is 11.7. The molecule has 0 aliphatic rings. The van der Waals surface area contributed by atoms with Crippen LogP contribution in [0, 0.1) is 0 Å². The Morgan fingerprint density at radius 2 is 1.68 bits per heavy atom. The Labute approximate surface area is 127 Å². The molecule has 0 bridgehead atoms. The van der Waals surface area contributed by atoms with Crippen LogP contribution in [0.15, 0.2) is 36.4 Å². The van der Waals surface area contributed by atoms with Crippen molar-refractivity contribution in [1.82, 2.24) is 5.32 Å². The minimum atomic E-state index is -0.635. The van der Waals surface area contributed by atoms with E-state index in [1.54, 1.807) is 0 Å². The minimum Gasteiger partial charge on any atom is -0.504 e. The summed E-state index contributed by atoms with van der Waals surface area (Å²) in [5, 5.41) is 33.0. The number of benzene rings is 2. The molecule has 0 saturated heterocycles. The number of hydrogen-bond acceptors (Lipinski definition) is 5. The first kappa shape index (κ1) is 15.5. The Hall–Kier alpha value is -2.93. The third-order valence-corrected chi connectivity index (χ3v) is 3.01. The van der Waals surface area contributed by atoms with Crippen LogP contribution in [-0.2, 0) is 13.1 Å². The lowest BCUT2D eigenvalue weighted by molar-refractivity contribution is 0.251. The Morgan fingerprint density at radius 3 is 2.32 bits per heavy atom. The van der Waals surface area contributed by atoms with E-state index in [2.05, 4.69) is 10.6 Å². The van der Waals surface area contributed by atoms with Gasteiger partial charge >= 0.3 is 6.03 Å². The summed E-state index contributed by atoms with van der Waals surface area (Å²) in [4.78, 5) is 11.8. The summed E-state index contributed by atoms with van der Waals surface area (Å²) >= 11 is 0. The van der Waals surface area contributed by atoms with Gasteiger partial charge in [-0.15, -0.1) is 0 Å². The second-order valence-electron chi connectivity index (χ2n) is 4.69. The molecular weight excluding hydrogens is 286 g/mol. The molecular formula is C15H17N3O4. The van der Waals surface area contributed by atoms with Crippen LogP contribution in [-0.4, -0.2) is 21.4 Å². The van der Waals surface area contributed by atoms with Gasteiger partial charge in [-0.1, -0.05) is 24.3 Å². The van der Waals surface area contributed by atoms with Gasteiger partial charge in [-0.2, -0.15) is 0 Å². The molecule has 0 fully saturated rings. The number of anilines is 1. The molecule has 0 atom stereocenters. The van der Waals surface area contributed by atoms with E-state index >= 15 is 0 Å². The second-order valence-corrected chi connectivity index (χ2v) is 4.69. The van der Waals surface area contributed by atoms with Gasteiger partial charge in [0.2, 0.25) is 0 Å². The monoisotopic (exact) mass is 303 g/mol. The summed E-state index contributed by atoms with van der Waals surface area (Å²) in [5.41, 5.74) is 7.57. The highest BCUT2D eigenvalue weighted by atomic mass is 16.3. The number of carbonyl (C=O) groups excluding carboxylic acids is 1. The van der Waals surface area contributed by atoms with Gasteiger partial charge in [-0.25, -0.2) is 4.79 Å². The van der Waals surface area contributed by atoms with E-state index in [-0.39, 0.29) is 5.69 Å². The van der Waals surface area contributed by atoms with E-state index in [9.17, 15) is 20.1 Å². The highest BCUT2D eigenvalue weighted by molar-refractivity contribution is 5.90. The number of hydrogen-bond donors (Lipinski definition) is 6. The first-order valence-corrected chi connectivity index (χ1v) is 6.57. The number of carbonyl (C=O) groups is 1. The maximum absolute atomic E-state index is 11.8. The molecule has 2 amide bonds. The van der Waals surface area contributed by atoms with E-state index in [0.29, 0.717) is 13.1 Å².